The van der Waals surface area contributed by atoms with E-state index in [0.717, 1.165) is 78.3 Å². The third-order valence-corrected chi connectivity index (χ3v) is 10.6. The Balaban J connectivity index is 0.000000394. The summed E-state index contributed by atoms with van der Waals surface area (Å²) in [4.78, 5) is 55.6. The van der Waals surface area contributed by atoms with Crippen LogP contribution >= 0.6 is 0 Å². The maximum absolute atomic E-state index is 12.4. The van der Waals surface area contributed by atoms with Gasteiger partial charge in [0.25, 0.3) is 0 Å². The van der Waals surface area contributed by atoms with E-state index in [9.17, 15) is 19.2 Å². The highest BCUT2D eigenvalue weighted by Gasteiger charge is 2.40. The van der Waals surface area contributed by atoms with Crippen molar-refractivity contribution in [1.29, 1.82) is 0 Å². The van der Waals surface area contributed by atoms with Crippen molar-refractivity contribution in [1.82, 2.24) is 19.6 Å². The molecule has 4 amide bonds. The van der Waals surface area contributed by atoms with E-state index in [1.165, 1.54) is 12.8 Å². The molecule has 11 heteroatoms. The average Bonchev–Trinajstić information content (AvgIpc) is 3.49. The zero-order valence-electron chi connectivity index (χ0n) is 41.4. The molecule has 1 aliphatic carbocycles. The van der Waals surface area contributed by atoms with Crippen LogP contribution < -0.4 is 0 Å². The van der Waals surface area contributed by atoms with Gasteiger partial charge in [-0.2, -0.15) is 0 Å². The molecule has 0 aromatic carbocycles. The van der Waals surface area contributed by atoms with Gasteiger partial charge < -0.3 is 33.8 Å². The molecular formula is C48H92N4O7. The first kappa shape index (κ1) is 54.8. The van der Waals surface area contributed by atoms with E-state index in [1.807, 2.05) is 47.8 Å². The number of nitrogens with zero attached hydrogens (tertiary/aromatic N) is 4. The summed E-state index contributed by atoms with van der Waals surface area (Å²) in [5.74, 6) is 2.89. The molecule has 59 heavy (non-hydrogen) atoms. The topological polar surface area (TPSA) is 109 Å². The molecule has 4 fully saturated rings. The Bertz CT molecular complexity index is 1210. The van der Waals surface area contributed by atoms with Crippen LogP contribution in [0.4, 0.5) is 0 Å². The molecule has 346 valence electrons. The summed E-state index contributed by atoms with van der Waals surface area (Å²) in [6.07, 6.45) is 6.02. The van der Waals surface area contributed by atoms with Crippen LogP contribution in [0.5, 0.6) is 0 Å². The van der Waals surface area contributed by atoms with E-state index in [2.05, 4.69) is 96.9 Å². The highest BCUT2D eigenvalue weighted by atomic mass is 16.5. The number of hydrogen-bond acceptors (Lipinski definition) is 7. The minimum Gasteiger partial charge on any atom is -0.381 e. The van der Waals surface area contributed by atoms with Crippen LogP contribution in [0.25, 0.3) is 0 Å². The molecule has 1 saturated carbocycles. The van der Waals surface area contributed by atoms with Crippen molar-refractivity contribution in [2.75, 3.05) is 94.0 Å². The maximum atomic E-state index is 12.4. The standard InChI is InChI=1S/C14H27NO.C12H23NO2.2C11H21NO2/c1-10(2)12(11-7-8-11)13(16)15(6)9-14(3,4)5;1-12(2,3)9-13(4)11(14)10-5-7-15-8-6-10;2*1-11(2,3)8-12(4)10(13)9-5-6-14-7-9/h10-12H,7-9H2,1-6H3;10H,5-9H2,1-4H3;2*9H,5-8H2,1-4H3/t;;9-;/m..0./s1. The molecule has 11 nitrogen and oxygen atoms in total. The Morgan fingerprint density at radius 3 is 1.02 bits per heavy atom. The number of carbonyl (C=O) groups is 4. The second kappa shape index (κ2) is 24.4. The number of amides is 4. The van der Waals surface area contributed by atoms with E-state index in [0.29, 0.717) is 31.0 Å². The van der Waals surface area contributed by atoms with Gasteiger partial charge in [-0.1, -0.05) is 96.9 Å². The van der Waals surface area contributed by atoms with Crippen molar-refractivity contribution in [2.24, 2.45) is 57.2 Å². The maximum Gasteiger partial charge on any atom is 0.227 e. The Labute approximate surface area is 362 Å². The molecular weight excluding hydrogens is 745 g/mol. The molecule has 0 radical (unpaired) electrons. The van der Waals surface area contributed by atoms with Crippen molar-refractivity contribution < 1.29 is 33.4 Å². The fraction of sp³-hybridized carbons (Fsp3) is 0.917. The zero-order valence-corrected chi connectivity index (χ0v) is 41.4. The second-order valence-electron chi connectivity index (χ2n) is 23.1. The van der Waals surface area contributed by atoms with Crippen LogP contribution in [-0.2, 0) is 33.4 Å². The number of hydrogen-bond donors (Lipinski definition) is 0. The normalized spacial score (nSPS) is 20.5. The van der Waals surface area contributed by atoms with Crippen molar-refractivity contribution >= 4 is 23.6 Å². The molecule has 3 atom stereocenters. The molecule has 3 aliphatic heterocycles. The van der Waals surface area contributed by atoms with Crippen molar-refractivity contribution in [3.63, 3.8) is 0 Å². The summed E-state index contributed by atoms with van der Waals surface area (Å²) in [5, 5.41) is 0. The van der Waals surface area contributed by atoms with Gasteiger partial charge in [-0.05, 0) is 72.0 Å². The second-order valence-corrected chi connectivity index (χ2v) is 23.1. The molecule has 4 aliphatic rings. The van der Waals surface area contributed by atoms with Gasteiger partial charge in [0.15, 0.2) is 0 Å². The van der Waals surface area contributed by atoms with Crippen LogP contribution in [0.1, 0.15) is 135 Å². The van der Waals surface area contributed by atoms with Crippen molar-refractivity contribution in [3.8, 4) is 0 Å². The summed E-state index contributed by atoms with van der Waals surface area (Å²) >= 11 is 0. The van der Waals surface area contributed by atoms with Gasteiger partial charge in [0, 0.05) is 92.6 Å². The molecule has 0 N–H and O–H groups in total. The smallest absolute Gasteiger partial charge is 0.227 e. The highest BCUT2D eigenvalue weighted by Crippen LogP contribution is 2.41. The predicted molar refractivity (Wildman–Crippen MR) is 241 cm³/mol. The minimum absolute atomic E-state index is 0.0994. The number of rotatable bonds is 10. The lowest BCUT2D eigenvalue weighted by molar-refractivity contribution is -0.138. The fourth-order valence-corrected chi connectivity index (χ4v) is 8.24. The Kier molecular flexibility index (Phi) is 22.7. The Morgan fingerprint density at radius 2 is 0.746 bits per heavy atom. The molecule has 3 saturated heterocycles. The first-order valence-electron chi connectivity index (χ1n) is 22.7. The summed E-state index contributed by atoms with van der Waals surface area (Å²) in [6.45, 7) is 37.6. The lowest BCUT2D eigenvalue weighted by Gasteiger charge is -2.31. The summed E-state index contributed by atoms with van der Waals surface area (Å²) in [7, 11) is 7.62. The lowest BCUT2D eigenvalue weighted by Crippen LogP contribution is -2.40. The summed E-state index contributed by atoms with van der Waals surface area (Å²) in [6, 6.07) is 0. The molecule has 2 unspecified atom stereocenters. The fourth-order valence-electron chi connectivity index (χ4n) is 8.24. The molecule has 4 rings (SSSR count). The lowest BCUT2D eigenvalue weighted by atomic mass is 9.88. The quantitative estimate of drug-likeness (QED) is 0.219. The molecule has 0 aromatic heterocycles. The van der Waals surface area contributed by atoms with Gasteiger partial charge in [-0.3, -0.25) is 19.2 Å². The van der Waals surface area contributed by atoms with Crippen LogP contribution in [0.3, 0.4) is 0 Å². The number of carbonyl (C=O) groups excluding carboxylic acids is 4. The summed E-state index contributed by atoms with van der Waals surface area (Å²) in [5.41, 5.74) is 0.707. The molecule has 0 aromatic rings. The summed E-state index contributed by atoms with van der Waals surface area (Å²) < 4.78 is 15.7. The van der Waals surface area contributed by atoms with Gasteiger partial charge in [-0.15, -0.1) is 0 Å². The third kappa shape index (κ3) is 23.5. The van der Waals surface area contributed by atoms with Gasteiger partial charge in [-0.25, -0.2) is 0 Å². The molecule has 0 spiro atoms. The van der Waals surface area contributed by atoms with Crippen LogP contribution in [0.2, 0.25) is 0 Å². The van der Waals surface area contributed by atoms with Gasteiger partial charge in [0.2, 0.25) is 23.6 Å². The minimum atomic E-state index is 0.0994. The van der Waals surface area contributed by atoms with Crippen LogP contribution in [0.15, 0.2) is 0 Å². The van der Waals surface area contributed by atoms with Crippen LogP contribution in [0, 0.1) is 57.2 Å². The van der Waals surface area contributed by atoms with E-state index >= 15 is 0 Å². The van der Waals surface area contributed by atoms with E-state index in [-0.39, 0.29) is 63.1 Å². The number of ether oxygens (including phenoxy) is 3. The average molecular weight is 837 g/mol. The predicted octanol–water partition coefficient (Wildman–Crippen LogP) is 8.15. The van der Waals surface area contributed by atoms with E-state index in [1.54, 1.807) is 0 Å². The molecule has 0 bridgehead atoms. The van der Waals surface area contributed by atoms with Crippen molar-refractivity contribution in [2.45, 2.75) is 135 Å². The van der Waals surface area contributed by atoms with Crippen LogP contribution in [-0.4, -0.2) is 137 Å². The molecule has 3 heterocycles. The van der Waals surface area contributed by atoms with Gasteiger partial charge >= 0.3 is 0 Å². The van der Waals surface area contributed by atoms with E-state index in [4.69, 9.17) is 14.2 Å². The largest absolute Gasteiger partial charge is 0.381 e. The third-order valence-electron chi connectivity index (χ3n) is 10.6. The SMILES string of the molecule is CC(C)C(C(=O)N(C)CC(C)(C)C)C1CC1.CN(CC(C)(C)C)C(=O)C1CCOC1.CN(CC(C)(C)C)C(=O)C1CCOCC1.CN(CC(C)(C)C)C(=O)[C@H]1CCOC1. The van der Waals surface area contributed by atoms with Gasteiger partial charge in [0.1, 0.15) is 0 Å². The highest BCUT2D eigenvalue weighted by molar-refractivity contribution is 5.80. The Morgan fingerprint density at radius 1 is 0.458 bits per heavy atom. The first-order chi connectivity index (χ1) is 26.9. The van der Waals surface area contributed by atoms with E-state index < -0.39 is 0 Å². The van der Waals surface area contributed by atoms with Crippen molar-refractivity contribution in [3.05, 3.63) is 0 Å². The van der Waals surface area contributed by atoms with Gasteiger partial charge in [0.05, 0.1) is 25.0 Å². The monoisotopic (exact) mass is 837 g/mol. The Hall–Kier alpha value is -2.24. The first-order valence-corrected chi connectivity index (χ1v) is 22.7. The zero-order chi connectivity index (χ0) is 45.5.